The van der Waals surface area contributed by atoms with Crippen LogP contribution in [0.25, 0.3) is 0 Å². The third-order valence-corrected chi connectivity index (χ3v) is 4.35. The van der Waals surface area contributed by atoms with E-state index in [9.17, 15) is 5.11 Å². The van der Waals surface area contributed by atoms with Crippen LogP contribution in [-0.4, -0.2) is 48.0 Å². The molecule has 0 aliphatic carbocycles. The van der Waals surface area contributed by atoms with Crippen LogP contribution in [0.5, 0.6) is 0 Å². The van der Waals surface area contributed by atoms with Crippen molar-refractivity contribution in [1.29, 1.82) is 0 Å². The minimum atomic E-state index is -0.0291. The molecule has 0 amide bonds. The molecule has 3 heterocycles. The van der Waals surface area contributed by atoms with Gasteiger partial charge in [-0.25, -0.2) is 0 Å². The second kappa shape index (κ2) is 4.04. The van der Waals surface area contributed by atoms with Gasteiger partial charge < -0.3 is 9.84 Å². The summed E-state index contributed by atoms with van der Waals surface area (Å²) in [6, 6.07) is 1.33. The Labute approximate surface area is 91.4 Å². The van der Waals surface area contributed by atoms with Crippen molar-refractivity contribution in [2.45, 2.75) is 50.3 Å². The van der Waals surface area contributed by atoms with Crippen LogP contribution in [0.1, 0.15) is 32.1 Å². The van der Waals surface area contributed by atoms with Crippen LogP contribution in [0.4, 0.5) is 0 Å². The molecule has 3 atom stereocenters. The third kappa shape index (κ3) is 1.93. The van der Waals surface area contributed by atoms with Gasteiger partial charge in [-0.1, -0.05) is 0 Å². The number of aliphatic hydroxyl groups is 1. The number of nitrogens with zero attached hydrogens (tertiary/aromatic N) is 1. The number of piperidine rings is 1. The Hall–Kier alpha value is -0.120. The van der Waals surface area contributed by atoms with Gasteiger partial charge in [0, 0.05) is 25.2 Å². The van der Waals surface area contributed by atoms with E-state index in [0.717, 1.165) is 32.0 Å². The van der Waals surface area contributed by atoms with Crippen molar-refractivity contribution in [1.82, 2.24) is 4.90 Å². The van der Waals surface area contributed by atoms with E-state index in [4.69, 9.17) is 4.74 Å². The summed E-state index contributed by atoms with van der Waals surface area (Å²) >= 11 is 0. The fourth-order valence-electron chi connectivity index (χ4n) is 3.57. The molecular weight excluding hydrogens is 190 g/mol. The topological polar surface area (TPSA) is 32.7 Å². The van der Waals surface area contributed by atoms with Crippen molar-refractivity contribution < 1.29 is 9.84 Å². The van der Waals surface area contributed by atoms with E-state index in [1.165, 1.54) is 25.8 Å². The molecule has 3 aliphatic heterocycles. The Balaban J connectivity index is 1.61. The lowest BCUT2D eigenvalue weighted by Gasteiger charge is -2.38. The molecule has 0 aromatic rings. The summed E-state index contributed by atoms with van der Waals surface area (Å²) in [5.41, 5.74) is 0. The molecule has 3 unspecified atom stereocenters. The maximum Gasteiger partial charge on any atom is 0.0570 e. The lowest BCUT2D eigenvalue weighted by atomic mass is 9.97. The summed E-state index contributed by atoms with van der Waals surface area (Å²) in [4.78, 5) is 2.66. The van der Waals surface area contributed by atoms with Crippen LogP contribution in [-0.2, 0) is 4.74 Å². The number of fused-ring (bicyclic) bond motifs is 2. The molecule has 0 radical (unpaired) electrons. The zero-order chi connectivity index (χ0) is 10.3. The molecule has 0 spiro atoms. The lowest BCUT2D eigenvalue weighted by molar-refractivity contribution is 0.0258. The normalized spacial score (nSPS) is 46.2. The first kappa shape index (κ1) is 10.1. The fourth-order valence-corrected chi connectivity index (χ4v) is 3.57. The second-order valence-corrected chi connectivity index (χ2v) is 5.44. The number of hydrogen-bond donors (Lipinski definition) is 1. The number of hydrogen-bond acceptors (Lipinski definition) is 3. The van der Waals surface area contributed by atoms with Crippen molar-refractivity contribution in [3.63, 3.8) is 0 Å². The van der Waals surface area contributed by atoms with Gasteiger partial charge in [0.1, 0.15) is 0 Å². The minimum absolute atomic E-state index is 0.0291. The zero-order valence-corrected chi connectivity index (χ0v) is 9.27. The van der Waals surface area contributed by atoms with E-state index in [2.05, 4.69) is 4.90 Å². The highest BCUT2D eigenvalue weighted by atomic mass is 16.5. The second-order valence-electron chi connectivity index (χ2n) is 5.44. The summed E-state index contributed by atoms with van der Waals surface area (Å²) in [7, 11) is 0. The highest BCUT2D eigenvalue weighted by molar-refractivity contribution is 4.95. The predicted molar refractivity (Wildman–Crippen MR) is 57.7 cm³/mol. The maximum absolute atomic E-state index is 9.72. The molecular formula is C12H21NO2. The standard InChI is InChI=1S/C12H21NO2/c14-12-5-10-1-2-11(6-12)13(10)7-9-3-4-15-8-9/h9-12,14H,1-8H2. The van der Waals surface area contributed by atoms with E-state index in [-0.39, 0.29) is 6.10 Å². The Morgan fingerprint density at radius 2 is 1.87 bits per heavy atom. The molecule has 0 saturated carbocycles. The summed E-state index contributed by atoms with van der Waals surface area (Å²) in [6.07, 6.45) is 5.82. The van der Waals surface area contributed by atoms with Gasteiger partial charge in [-0.15, -0.1) is 0 Å². The van der Waals surface area contributed by atoms with Gasteiger partial charge in [-0.3, -0.25) is 4.90 Å². The molecule has 0 aromatic carbocycles. The number of aliphatic hydroxyl groups excluding tert-OH is 1. The van der Waals surface area contributed by atoms with E-state index in [1.807, 2.05) is 0 Å². The number of ether oxygens (including phenoxy) is 1. The van der Waals surface area contributed by atoms with Crippen LogP contribution in [0.15, 0.2) is 0 Å². The summed E-state index contributed by atoms with van der Waals surface area (Å²) < 4.78 is 5.43. The van der Waals surface area contributed by atoms with Crippen molar-refractivity contribution in [2.75, 3.05) is 19.8 Å². The highest BCUT2D eigenvalue weighted by Gasteiger charge is 2.40. The molecule has 3 aliphatic rings. The molecule has 86 valence electrons. The Kier molecular flexibility index (Phi) is 2.71. The number of rotatable bonds is 2. The lowest BCUT2D eigenvalue weighted by Crippen LogP contribution is -2.46. The van der Waals surface area contributed by atoms with Crippen molar-refractivity contribution in [3.8, 4) is 0 Å². The molecule has 3 rings (SSSR count). The Bertz CT molecular complexity index is 214. The first-order valence-corrected chi connectivity index (χ1v) is 6.34. The van der Waals surface area contributed by atoms with E-state index >= 15 is 0 Å². The maximum atomic E-state index is 9.72. The van der Waals surface area contributed by atoms with Gasteiger partial charge in [0.05, 0.1) is 12.7 Å². The van der Waals surface area contributed by atoms with Gasteiger partial charge in [-0.2, -0.15) is 0 Å². The highest BCUT2D eigenvalue weighted by Crippen LogP contribution is 2.36. The predicted octanol–water partition coefficient (Wildman–Crippen LogP) is 1.01. The molecule has 0 aromatic heterocycles. The Morgan fingerprint density at radius 3 is 2.47 bits per heavy atom. The Morgan fingerprint density at radius 1 is 1.13 bits per heavy atom. The van der Waals surface area contributed by atoms with Gasteiger partial charge in [0.2, 0.25) is 0 Å². The quantitative estimate of drug-likeness (QED) is 0.740. The van der Waals surface area contributed by atoms with Crippen molar-refractivity contribution in [3.05, 3.63) is 0 Å². The van der Waals surface area contributed by atoms with Crippen molar-refractivity contribution >= 4 is 0 Å². The smallest absolute Gasteiger partial charge is 0.0570 e. The van der Waals surface area contributed by atoms with Gasteiger partial charge >= 0.3 is 0 Å². The average Bonchev–Trinajstić information content (AvgIpc) is 2.77. The van der Waals surface area contributed by atoms with Crippen LogP contribution in [0, 0.1) is 5.92 Å². The van der Waals surface area contributed by atoms with Crippen LogP contribution < -0.4 is 0 Å². The minimum Gasteiger partial charge on any atom is -0.393 e. The zero-order valence-electron chi connectivity index (χ0n) is 9.27. The molecule has 3 nitrogen and oxygen atoms in total. The average molecular weight is 211 g/mol. The van der Waals surface area contributed by atoms with Gasteiger partial charge in [0.15, 0.2) is 0 Å². The molecule has 1 N–H and O–H groups in total. The molecule has 15 heavy (non-hydrogen) atoms. The van der Waals surface area contributed by atoms with Crippen molar-refractivity contribution in [2.24, 2.45) is 5.92 Å². The first-order chi connectivity index (χ1) is 7.33. The SMILES string of the molecule is OC1CC2CCC(C1)N2CC1CCOC1. The summed E-state index contributed by atoms with van der Waals surface area (Å²) in [5.74, 6) is 0.753. The van der Waals surface area contributed by atoms with Crippen LogP contribution in [0.3, 0.4) is 0 Å². The molecule has 2 bridgehead atoms. The van der Waals surface area contributed by atoms with E-state index < -0.39 is 0 Å². The van der Waals surface area contributed by atoms with E-state index in [1.54, 1.807) is 0 Å². The largest absolute Gasteiger partial charge is 0.393 e. The van der Waals surface area contributed by atoms with E-state index in [0.29, 0.717) is 12.1 Å². The van der Waals surface area contributed by atoms with Crippen LogP contribution >= 0.6 is 0 Å². The summed E-state index contributed by atoms with van der Waals surface area (Å²) in [5, 5.41) is 9.72. The fraction of sp³-hybridized carbons (Fsp3) is 1.00. The molecule has 3 heteroatoms. The molecule has 3 saturated heterocycles. The third-order valence-electron chi connectivity index (χ3n) is 4.35. The molecule has 3 fully saturated rings. The monoisotopic (exact) mass is 211 g/mol. The summed E-state index contributed by atoms with van der Waals surface area (Å²) in [6.45, 7) is 3.12. The first-order valence-electron chi connectivity index (χ1n) is 6.34. The van der Waals surface area contributed by atoms with Crippen LogP contribution in [0.2, 0.25) is 0 Å². The van der Waals surface area contributed by atoms with Gasteiger partial charge in [-0.05, 0) is 38.0 Å². The van der Waals surface area contributed by atoms with Gasteiger partial charge in [0.25, 0.3) is 0 Å².